The number of anilines is 2. The van der Waals surface area contributed by atoms with Gasteiger partial charge in [0, 0.05) is 11.1 Å². The molecule has 0 fully saturated rings. The van der Waals surface area contributed by atoms with Crippen LogP contribution in [0.2, 0.25) is 0 Å². The van der Waals surface area contributed by atoms with Crippen LogP contribution in [-0.4, -0.2) is 13.1 Å². The van der Waals surface area contributed by atoms with Crippen LogP contribution >= 0.6 is 11.3 Å². The first-order valence-corrected chi connectivity index (χ1v) is 7.95. The first-order chi connectivity index (χ1) is 11.3. The van der Waals surface area contributed by atoms with Crippen molar-refractivity contribution in [3.05, 3.63) is 70.9 Å². The Kier molecular flexibility index (Phi) is 4.59. The average Bonchev–Trinajstić information content (AvgIpc) is 3.12. The number of esters is 1. The molecule has 0 atom stereocenters. The van der Waals surface area contributed by atoms with Crippen molar-refractivity contribution in [1.29, 1.82) is 0 Å². The third-order valence-corrected chi connectivity index (χ3v) is 3.90. The highest BCUT2D eigenvalue weighted by molar-refractivity contribution is 7.08. The quantitative estimate of drug-likeness (QED) is 0.545. The molecule has 0 aliphatic rings. The number of para-hydroxylation sites is 2. The van der Waals surface area contributed by atoms with Gasteiger partial charge in [0.25, 0.3) is 0 Å². The number of hydrogen-bond donors (Lipinski definition) is 1. The van der Waals surface area contributed by atoms with Gasteiger partial charge >= 0.3 is 5.97 Å². The van der Waals surface area contributed by atoms with Crippen LogP contribution in [0.4, 0.5) is 11.4 Å². The van der Waals surface area contributed by atoms with E-state index >= 15 is 0 Å². The van der Waals surface area contributed by atoms with Gasteiger partial charge in [-0.25, -0.2) is 4.79 Å². The monoisotopic (exact) mass is 325 g/mol. The van der Waals surface area contributed by atoms with Crippen LogP contribution in [0.3, 0.4) is 0 Å². The van der Waals surface area contributed by atoms with E-state index in [4.69, 9.17) is 9.47 Å². The van der Waals surface area contributed by atoms with Crippen LogP contribution < -0.4 is 14.8 Å². The summed E-state index contributed by atoms with van der Waals surface area (Å²) >= 11 is 1.46. The molecule has 3 aromatic rings. The molecule has 3 rings (SSSR count). The lowest BCUT2D eigenvalue weighted by Gasteiger charge is -2.12. The molecule has 0 unspecified atom stereocenters. The van der Waals surface area contributed by atoms with E-state index in [1.54, 1.807) is 24.6 Å². The van der Waals surface area contributed by atoms with E-state index in [1.165, 1.54) is 11.3 Å². The molecule has 0 aliphatic heterocycles. The van der Waals surface area contributed by atoms with Crippen LogP contribution in [0.1, 0.15) is 10.4 Å². The number of benzene rings is 2. The van der Waals surface area contributed by atoms with Gasteiger partial charge in [0.05, 0.1) is 18.4 Å². The summed E-state index contributed by atoms with van der Waals surface area (Å²) in [5.41, 5.74) is 2.15. The number of ether oxygens (including phenoxy) is 2. The Labute approximate surface area is 138 Å². The van der Waals surface area contributed by atoms with E-state index < -0.39 is 0 Å². The summed E-state index contributed by atoms with van der Waals surface area (Å²) in [6.07, 6.45) is 0. The minimum Gasteiger partial charge on any atom is -0.497 e. The first kappa shape index (κ1) is 15.1. The molecule has 0 saturated carbocycles. The third kappa shape index (κ3) is 3.70. The van der Waals surface area contributed by atoms with Gasteiger partial charge in [0.2, 0.25) is 0 Å². The van der Waals surface area contributed by atoms with E-state index in [1.807, 2.05) is 47.8 Å². The van der Waals surface area contributed by atoms with Gasteiger partial charge in [0.15, 0.2) is 5.75 Å². The third-order valence-electron chi connectivity index (χ3n) is 3.22. The fourth-order valence-corrected chi connectivity index (χ4v) is 2.65. The Bertz CT molecular complexity index is 782. The van der Waals surface area contributed by atoms with Crippen molar-refractivity contribution in [3.63, 3.8) is 0 Å². The van der Waals surface area contributed by atoms with E-state index in [0.29, 0.717) is 11.3 Å². The van der Waals surface area contributed by atoms with Gasteiger partial charge in [-0.15, -0.1) is 0 Å². The highest BCUT2D eigenvalue weighted by atomic mass is 32.1. The first-order valence-electron chi connectivity index (χ1n) is 7.01. The zero-order chi connectivity index (χ0) is 16.1. The molecule has 5 heteroatoms. The van der Waals surface area contributed by atoms with Crippen molar-refractivity contribution in [1.82, 2.24) is 0 Å². The summed E-state index contributed by atoms with van der Waals surface area (Å²) in [4.78, 5) is 12.1. The fourth-order valence-electron chi connectivity index (χ4n) is 2.03. The topological polar surface area (TPSA) is 47.6 Å². The Morgan fingerprint density at radius 3 is 2.52 bits per heavy atom. The molecule has 1 heterocycles. The number of hydrogen-bond acceptors (Lipinski definition) is 5. The van der Waals surface area contributed by atoms with Crippen LogP contribution in [-0.2, 0) is 0 Å². The van der Waals surface area contributed by atoms with Crippen molar-refractivity contribution in [3.8, 4) is 11.5 Å². The van der Waals surface area contributed by atoms with Crippen molar-refractivity contribution >= 4 is 28.7 Å². The molecule has 0 saturated heterocycles. The smallest absolute Gasteiger partial charge is 0.344 e. The van der Waals surface area contributed by atoms with Crippen molar-refractivity contribution < 1.29 is 14.3 Å². The zero-order valence-electron chi connectivity index (χ0n) is 12.5. The second-order valence-electron chi connectivity index (χ2n) is 4.75. The molecule has 0 spiro atoms. The van der Waals surface area contributed by atoms with Crippen molar-refractivity contribution in [2.45, 2.75) is 0 Å². The number of rotatable bonds is 5. The molecule has 0 amide bonds. The average molecular weight is 325 g/mol. The normalized spacial score (nSPS) is 10.1. The van der Waals surface area contributed by atoms with Crippen LogP contribution in [0.15, 0.2) is 65.4 Å². The number of methoxy groups -OCH3 is 1. The molecular weight excluding hydrogens is 310 g/mol. The second kappa shape index (κ2) is 6.98. The minimum atomic E-state index is -0.366. The molecule has 116 valence electrons. The highest BCUT2D eigenvalue weighted by Crippen LogP contribution is 2.29. The summed E-state index contributed by atoms with van der Waals surface area (Å²) in [5, 5.41) is 6.86. The molecule has 4 nitrogen and oxygen atoms in total. The summed E-state index contributed by atoms with van der Waals surface area (Å²) in [6, 6.07) is 16.6. The SMILES string of the molecule is COc1ccc(Nc2ccccc2OC(=O)c2ccsc2)cc1. The lowest BCUT2D eigenvalue weighted by molar-refractivity contribution is 0.0736. The van der Waals surface area contributed by atoms with Gasteiger partial charge in [-0.3, -0.25) is 0 Å². The Morgan fingerprint density at radius 1 is 1.04 bits per heavy atom. The van der Waals surface area contributed by atoms with Crippen molar-refractivity contribution in [2.75, 3.05) is 12.4 Å². The lowest BCUT2D eigenvalue weighted by Crippen LogP contribution is -2.08. The molecule has 2 aromatic carbocycles. The number of thiophene rings is 1. The minimum absolute atomic E-state index is 0.366. The number of carbonyl (C=O) groups is 1. The maximum Gasteiger partial charge on any atom is 0.344 e. The van der Waals surface area contributed by atoms with Gasteiger partial charge in [-0.2, -0.15) is 11.3 Å². The van der Waals surface area contributed by atoms with Gasteiger partial charge in [0.1, 0.15) is 5.75 Å². The molecule has 0 bridgehead atoms. The Hall–Kier alpha value is -2.79. The van der Waals surface area contributed by atoms with Crippen LogP contribution in [0.5, 0.6) is 11.5 Å². The number of carbonyl (C=O) groups excluding carboxylic acids is 1. The maximum absolute atomic E-state index is 12.1. The summed E-state index contributed by atoms with van der Waals surface area (Å²) in [6.45, 7) is 0. The molecular formula is C18H15NO3S. The van der Waals surface area contributed by atoms with Gasteiger partial charge in [-0.1, -0.05) is 12.1 Å². The summed E-state index contributed by atoms with van der Waals surface area (Å²) < 4.78 is 10.6. The molecule has 23 heavy (non-hydrogen) atoms. The summed E-state index contributed by atoms with van der Waals surface area (Å²) in [7, 11) is 1.63. The Morgan fingerprint density at radius 2 is 1.83 bits per heavy atom. The van der Waals surface area contributed by atoms with Crippen LogP contribution in [0.25, 0.3) is 0 Å². The number of nitrogens with one attached hydrogen (secondary N) is 1. The second-order valence-corrected chi connectivity index (χ2v) is 5.53. The molecule has 1 N–H and O–H groups in total. The molecule has 0 radical (unpaired) electrons. The highest BCUT2D eigenvalue weighted by Gasteiger charge is 2.12. The van der Waals surface area contributed by atoms with Crippen LogP contribution in [0, 0.1) is 0 Å². The zero-order valence-corrected chi connectivity index (χ0v) is 13.3. The predicted molar refractivity (Wildman–Crippen MR) is 92.0 cm³/mol. The van der Waals surface area contributed by atoms with Gasteiger partial charge in [-0.05, 0) is 47.8 Å². The standard InChI is InChI=1S/C18H15NO3S/c1-21-15-8-6-14(7-9-15)19-16-4-2-3-5-17(16)22-18(20)13-10-11-23-12-13/h2-12,19H,1H3. The fraction of sp³-hybridized carbons (Fsp3) is 0.0556. The molecule has 1 aromatic heterocycles. The van der Waals surface area contributed by atoms with E-state index in [9.17, 15) is 4.79 Å². The van der Waals surface area contributed by atoms with E-state index in [2.05, 4.69) is 5.32 Å². The Balaban J connectivity index is 1.78. The van der Waals surface area contributed by atoms with Gasteiger partial charge < -0.3 is 14.8 Å². The largest absolute Gasteiger partial charge is 0.497 e. The predicted octanol–water partition coefficient (Wildman–Crippen LogP) is 4.72. The molecule has 0 aliphatic carbocycles. The van der Waals surface area contributed by atoms with E-state index in [-0.39, 0.29) is 5.97 Å². The lowest BCUT2D eigenvalue weighted by atomic mass is 10.2. The maximum atomic E-state index is 12.1. The van der Waals surface area contributed by atoms with E-state index in [0.717, 1.165) is 17.1 Å². The summed E-state index contributed by atoms with van der Waals surface area (Å²) in [5.74, 6) is 0.905. The van der Waals surface area contributed by atoms with Crippen molar-refractivity contribution in [2.24, 2.45) is 0 Å².